The maximum absolute atomic E-state index is 13.2. The summed E-state index contributed by atoms with van der Waals surface area (Å²) < 4.78 is 13.2. The van der Waals surface area contributed by atoms with E-state index >= 15 is 0 Å². The number of nitrogens with two attached hydrogens (primary N) is 1. The van der Waals surface area contributed by atoms with Gasteiger partial charge in [-0.3, -0.25) is 5.41 Å². The maximum Gasteiger partial charge on any atom is 0.165 e. The molecule has 2 aromatic carbocycles. The van der Waals surface area contributed by atoms with Crippen LogP contribution in [0, 0.1) is 11.2 Å². The molecule has 0 aliphatic rings. The van der Waals surface area contributed by atoms with Gasteiger partial charge in [0, 0.05) is 5.56 Å². The molecule has 0 saturated carbocycles. The second-order valence-corrected chi connectivity index (χ2v) is 3.66. The molecule has 4 N–H and O–H groups in total. The molecule has 4 heteroatoms. The van der Waals surface area contributed by atoms with E-state index in [1.807, 2.05) is 0 Å². The molecule has 0 spiro atoms. The molecule has 0 unspecified atom stereocenters. The quantitative estimate of drug-likeness (QED) is 0.548. The highest BCUT2D eigenvalue weighted by atomic mass is 19.1. The Kier molecular flexibility index (Phi) is 2.78. The van der Waals surface area contributed by atoms with E-state index in [1.165, 1.54) is 12.1 Å². The fourth-order valence-electron chi connectivity index (χ4n) is 1.53. The van der Waals surface area contributed by atoms with Gasteiger partial charge in [-0.25, -0.2) is 4.39 Å². The van der Waals surface area contributed by atoms with Crippen molar-refractivity contribution in [3.8, 4) is 16.9 Å². The minimum Gasteiger partial charge on any atom is -0.505 e. The molecule has 0 aliphatic heterocycles. The van der Waals surface area contributed by atoms with E-state index in [0.717, 1.165) is 5.56 Å². The Morgan fingerprint density at radius 2 is 1.65 bits per heavy atom. The number of nitrogen functional groups attached to an aromatic ring is 1. The van der Waals surface area contributed by atoms with Gasteiger partial charge in [-0.2, -0.15) is 0 Å². The third-order valence-electron chi connectivity index (χ3n) is 2.48. The van der Waals surface area contributed by atoms with E-state index in [-0.39, 0.29) is 11.6 Å². The summed E-state index contributed by atoms with van der Waals surface area (Å²) >= 11 is 0. The molecule has 0 aromatic heterocycles. The van der Waals surface area contributed by atoms with E-state index in [4.69, 9.17) is 16.2 Å². The molecule has 0 atom stereocenters. The molecule has 0 radical (unpaired) electrons. The van der Waals surface area contributed by atoms with Crippen LogP contribution in [0.25, 0.3) is 11.1 Å². The van der Waals surface area contributed by atoms with Crippen LogP contribution in [0.4, 0.5) is 4.39 Å². The van der Waals surface area contributed by atoms with Crippen LogP contribution in [0.5, 0.6) is 5.75 Å². The predicted octanol–water partition coefficient (Wildman–Crippen LogP) is 2.48. The van der Waals surface area contributed by atoms with E-state index in [1.54, 1.807) is 30.3 Å². The van der Waals surface area contributed by atoms with Crippen LogP contribution in [-0.2, 0) is 0 Å². The lowest BCUT2D eigenvalue weighted by Crippen LogP contribution is -2.10. The summed E-state index contributed by atoms with van der Waals surface area (Å²) in [4.78, 5) is 0. The first-order valence-corrected chi connectivity index (χ1v) is 5.01. The zero-order valence-electron chi connectivity index (χ0n) is 8.94. The first-order valence-electron chi connectivity index (χ1n) is 5.01. The molecular weight excluding hydrogens is 219 g/mol. The number of halogens is 1. The van der Waals surface area contributed by atoms with Crippen LogP contribution in [-0.4, -0.2) is 10.9 Å². The fourth-order valence-corrected chi connectivity index (χ4v) is 1.53. The average molecular weight is 230 g/mol. The first kappa shape index (κ1) is 11.1. The van der Waals surface area contributed by atoms with Crippen LogP contribution in [0.15, 0.2) is 42.5 Å². The normalized spacial score (nSPS) is 10.2. The van der Waals surface area contributed by atoms with Gasteiger partial charge in [-0.05, 0) is 23.3 Å². The number of benzene rings is 2. The summed E-state index contributed by atoms with van der Waals surface area (Å²) in [5.41, 5.74) is 7.42. The summed E-state index contributed by atoms with van der Waals surface area (Å²) in [5, 5.41) is 16.3. The van der Waals surface area contributed by atoms with Crippen LogP contribution < -0.4 is 5.73 Å². The second-order valence-electron chi connectivity index (χ2n) is 3.66. The maximum atomic E-state index is 13.2. The van der Waals surface area contributed by atoms with Gasteiger partial charge in [0.2, 0.25) is 0 Å². The van der Waals surface area contributed by atoms with Gasteiger partial charge < -0.3 is 10.8 Å². The van der Waals surface area contributed by atoms with Crippen LogP contribution in [0.3, 0.4) is 0 Å². The summed E-state index contributed by atoms with van der Waals surface area (Å²) in [5.74, 6) is -1.03. The van der Waals surface area contributed by atoms with Gasteiger partial charge in [0.05, 0.1) is 0 Å². The standard InChI is InChI=1S/C13H11FN2O/c14-11-7-10(5-6-12(11)17)8-1-3-9(4-2-8)13(15)16/h1-7,17H,(H3,15,16). The van der Waals surface area contributed by atoms with Crippen LogP contribution in [0.1, 0.15) is 5.56 Å². The number of rotatable bonds is 2. The number of amidine groups is 1. The molecule has 17 heavy (non-hydrogen) atoms. The molecule has 0 bridgehead atoms. The number of aromatic hydroxyl groups is 1. The Hall–Kier alpha value is -2.36. The van der Waals surface area contributed by atoms with Gasteiger partial charge in [-0.15, -0.1) is 0 Å². The van der Waals surface area contributed by atoms with Crippen molar-refractivity contribution in [2.24, 2.45) is 5.73 Å². The third kappa shape index (κ3) is 2.25. The van der Waals surface area contributed by atoms with Crippen molar-refractivity contribution in [1.82, 2.24) is 0 Å². The van der Waals surface area contributed by atoms with Crippen molar-refractivity contribution in [3.63, 3.8) is 0 Å². The lowest BCUT2D eigenvalue weighted by molar-refractivity contribution is 0.432. The van der Waals surface area contributed by atoms with Crippen molar-refractivity contribution in [2.45, 2.75) is 0 Å². The zero-order chi connectivity index (χ0) is 12.4. The van der Waals surface area contributed by atoms with Gasteiger partial charge >= 0.3 is 0 Å². The van der Waals surface area contributed by atoms with Crippen molar-refractivity contribution in [3.05, 3.63) is 53.8 Å². The number of phenolic OH excluding ortho intramolecular Hbond substituents is 1. The Morgan fingerprint density at radius 1 is 1.06 bits per heavy atom. The number of hydrogen-bond donors (Lipinski definition) is 3. The first-order chi connectivity index (χ1) is 8.08. The Bertz CT molecular complexity index is 564. The number of phenols is 1. The van der Waals surface area contributed by atoms with Crippen LogP contribution >= 0.6 is 0 Å². The van der Waals surface area contributed by atoms with E-state index in [9.17, 15) is 4.39 Å². The molecular formula is C13H11FN2O. The van der Waals surface area contributed by atoms with Gasteiger partial charge in [0.15, 0.2) is 11.6 Å². The molecule has 86 valence electrons. The van der Waals surface area contributed by atoms with E-state index in [0.29, 0.717) is 11.1 Å². The lowest BCUT2D eigenvalue weighted by Gasteiger charge is -2.04. The van der Waals surface area contributed by atoms with Gasteiger partial charge in [0.25, 0.3) is 0 Å². The summed E-state index contributed by atoms with van der Waals surface area (Å²) in [6.45, 7) is 0. The topological polar surface area (TPSA) is 70.1 Å². The summed E-state index contributed by atoms with van der Waals surface area (Å²) in [6.07, 6.45) is 0. The summed E-state index contributed by atoms with van der Waals surface area (Å²) in [6, 6.07) is 11.1. The molecule has 0 saturated heterocycles. The Balaban J connectivity index is 2.39. The zero-order valence-corrected chi connectivity index (χ0v) is 8.94. The highest BCUT2D eigenvalue weighted by molar-refractivity contribution is 5.95. The molecule has 0 fully saturated rings. The molecule has 0 aliphatic carbocycles. The minimum atomic E-state index is -0.654. The van der Waals surface area contributed by atoms with Crippen molar-refractivity contribution < 1.29 is 9.50 Å². The molecule has 0 amide bonds. The van der Waals surface area contributed by atoms with E-state index < -0.39 is 5.82 Å². The van der Waals surface area contributed by atoms with Crippen molar-refractivity contribution in [2.75, 3.05) is 0 Å². The largest absolute Gasteiger partial charge is 0.505 e. The molecule has 2 rings (SSSR count). The third-order valence-corrected chi connectivity index (χ3v) is 2.48. The smallest absolute Gasteiger partial charge is 0.165 e. The monoisotopic (exact) mass is 230 g/mol. The highest BCUT2D eigenvalue weighted by Gasteiger charge is 2.04. The van der Waals surface area contributed by atoms with Crippen molar-refractivity contribution in [1.29, 1.82) is 5.41 Å². The van der Waals surface area contributed by atoms with E-state index in [2.05, 4.69) is 0 Å². The summed E-state index contributed by atoms with van der Waals surface area (Å²) in [7, 11) is 0. The molecule has 3 nitrogen and oxygen atoms in total. The Labute approximate surface area is 97.8 Å². The highest BCUT2D eigenvalue weighted by Crippen LogP contribution is 2.24. The van der Waals surface area contributed by atoms with Crippen molar-refractivity contribution >= 4 is 5.84 Å². The average Bonchev–Trinajstić information content (AvgIpc) is 2.33. The van der Waals surface area contributed by atoms with Gasteiger partial charge in [0.1, 0.15) is 5.84 Å². The second kappa shape index (κ2) is 4.25. The number of nitrogens with one attached hydrogen (secondary N) is 1. The van der Waals surface area contributed by atoms with Gasteiger partial charge in [-0.1, -0.05) is 30.3 Å². The fraction of sp³-hybridized carbons (Fsp3) is 0. The number of hydrogen-bond acceptors (Lipinski definition) is 2. The Morgan fingerprint density at radius 3 is 2.18 bits per heavy atom. The SMILES string of the molecule is N=C(N)c1ccc(-c2ccc(O)c(F)c2)cc1. The van der Waals surface area contributed by atoms with Crippen LogP contribution in [0.2, 0.25) is 0 Å². The molecule has 2 aromatic rings. The predicted molar refractivity (Wildman–Crippen MR) is 64.5 cm³/mol. The minimum absolute atomic E-state index is 0.00608. The molecule has 0 heterocycles. The lowest BCUT2D eigenvalue weighted by atomic mass is 10.0.